The molecule has 0 aromatic heterocycles. The Balaban J connectivity index is 2.63. The molecule has 0 aliphatic heterocycles. The number of carboxylic acids is 1. The molecule has 1 amide bonds. The summed E-state index contributed by atoms with van der Waals surface area (Å²) in [5.74, 6) is -1.67. The Morgan fingerprint density at radius 1 is 1.33 bits per heavy atom. The number of hydrogen-bond acceptors (Lipinski definition) is 5. The van der Waals surface area contributed by atoms with Gasteiger partial charge in [0.15, 0.2) is 0 Å². The Hall–Kier alpha value is -2.85. The zero-order chi connectivity index (χ0) is 17.9. The van der Waals surface area contributed by atoms with Gasteiger partial charge in [-0.3, -0.25) is 4.79 Å². The molecule has 0 atom stereocenters. The van der Waals surface area contributed by atoms with Crippen molar-refractivity contribution < 1.29 is 14.7 Å². The zero-order valence-electron chi connectivity index (χ0n) is 13.9. The van der Waals surface area contributed by atoms with Crippen molar-refractivity contribution in [3.63, 3.8) is 0 Å². The summed E-state index contributed by atoms with van der Waals surface area (Å²) in [6.45, 7) is 7.44. The fraction of sp³-hybridized carbons (Fsp3) is 0.353. The molecule has 128 valence electrons. The summed E-state index contributed by atoms with van der Waals surface area (Å²) in [5, 5.41) is 23.5. The molecule has 7 heteroatoms. The van der Waals surface area contributed by atoms with E-state index in [1.165, 1.54) is 24.4 Å². The van der Waals surface area contributed by atoms with Crippen molar-refractivity contribution in [3.05, 3.63) is 41.6 Å². The largest absolute Gasteiger partial charge is 0.478 e. The summed E-state index contributed by atoms with van der Waals surface area (Å²) in [6, 6.07) is 7.68. The van der Waals surface area contributed by atoms with Crippen LogP contribution in [0, 0.1) is 11.3 Å². The van der Waals surface area contributed by atoms with E-state index in [9.17, 15) is 9.59 Å². The summed E-state index contributed by atoms with van der Waals surface area (Å²) in [4.78, 5) is 25.2. The molecule has 7 nitrogen and oxygen atoms in total. The molecule has 0 saturated carbocycles. The molecule has 0 fully saturated rings. The number of anilines is 1. The van der Waals surface area contributed by atoms with E-state index in [0.29, 0.717) is 12.2 Å². The summed E-state index contributed by atoms with van der Waals surface area (Å²) >= 11 is 0. The molecular formula is C17H22N4O3. The first-order valence-corrected chi connectivity index (χ1v) is 7.72. The van der Waals surface area contributed by atoms with Gasteiger partial charge in [0.25, 0.3) is 5.91 Å². The van der Waals surface area contributed by atoms with Crippen LogP contribution in [-0.4, -0.2) is 48.1 Å². The lowest BCUT2D eigenvalue weighted by Crippen LogP contribution is -2.30. The summed E-state index contributed by atoms with van der Waals surface area (Å²) < 4.78 is 0. The predicted molar refractivity (Wildman–Crippen MR) is 91.5 cm³/mol. The second kappa shape index (κ2) is 10.0. The smallest absolute Gasteiger partial charge is 0.335 e. The molecule has 0 spiro atoms. The van der Waals surface area contributed by atoms with Crippen LogP contribution >= 0.6 is 0 Å². The van der Waals surface area contributed by atoms with Crippen LogP contribution in [0.1, 0.15) is 24.2 Å². The second-order valence-electron chi connectivity index (χ2n) is 4.99. The van der Waals surface area contributed by atoms with Gasteiger partial charge in [0, 0.05) is 25.0 Å². The molecule has 0 heterocycles. The topological polar surface area (TPSA) is 105 Å². The van der Waals surface area contributed by atoms with Crippen molar-refractivity contribution in [1.82, 2.24) is 10.2 Å². The van der Waals surface area contributed by atoms with E-state index in [0.717, 1.165) is 19.6 Å². The molecule has 1 rings (SSSR count). The van der Waals surface area contributed by atoms with Crippen molar-refractivity contribution in [2.24, 2.45) is 0 Å². The standard InChI is InChI=1S/C17H22N4O3/c1-3-21(4-2)9-8-19-12-14(11-18)16(22)20-15-7-5-6-13(10-15)17(23)24/h5-7,10,12,19H,3-4,8-9H2,1-2H3,(H,20,22)(H,23,24)/b14-12-. The van der Waals surface area contributed by atoms with Gasteiger partial charge in [-0.1, -0.05) is 19.9 Å². The first-order valence-electron chi connectivity index (χ1n) is 7.72. The highest BCUT2D eigenvalue weighted by atomic mass is 16.4. The molecular weight excluding hydrogens is 308 g/mol. The highest BCUT2D eigenvalue weighted by molar-refractivity contribution is 6.06. The molecule has 24 heavy (non-hydrogen) atoms. The van der Waals surface area contributed by atoms with Crippen LogP contribution in [0.25, 0.3) is 0 Å². The molecule has 0 bridgehead atoms. The molecule has 1 aromatic carbocycles. The van der Waals surface area contributed by atoms with Crippen LogP contribution in [0.3, 0.4) is 0 Å². The lowest BCUT2D eigenvalue weighted by molar-refractivity contribution is -0.112. The first-order chi connectivity index (χ1) is 11.5. The number of nitrogens with zero attached hydrogens (tertiary/aromatic N) is 2. The van der Waals surface area contributed by atoms with Crippen LogP contribution in [-0.2, 0) is 4.79 Å². The number of carbonyl (C=O) groups excluding carboxylic acids is 1. The predicted octanol–water partition coefficient (Wildman–Crippen LogP) is 1.66. The van der Waals surface area contributed by atoms with E-state index in [4.69, 9.17) is 10.4 Å². The van der Waals surface area contributed by atoms with Gasteiger partial charge in [-0.15, -0.1) is 0 Å². The summed E-state index contributed by atoms with van der Waals surface area (Å²) in [6.07, 6.45) is 1.37. The number of carbonyl (C=O) groups is 2. The minimum atomic E-state index is -1.08. The van der Waals surface area contributed by atoms with Gasteiger partial charge < -0.3 is 20.6 Å². The van der Waals surface area contributed by atoms with Crippen molar-refractivity contribution in [2.75, 3.05) is 31.5 Å². The maximum Gasteiger partial charge on any atom is 0.335 e. The van der Waals surface area contributed by atoms with Crippen LogP contribution < -0.4 is 10.6 Å². The number of rotatable bonds is 9. The summed E-state index contributed by atoms with van der Waals surface area (Å²) in [5.41, 5.74) is 0.312. The number of benzene rings is 1. The number of nitrogens with one attached hydrogen (secondary N) is 2. The Bertz CT molecular complexity index is 645. The number of nitriles is 1. The minimum absolute atomic E-state index is 0.0626. The highest BCUT2D eigenvalue weighted by Gasteiger charge is 2.10. The maximum atomic E-state index is 12.1. The van der Waals surface area contributed by atoms with Gasteiger partial charge in [0.05, 0.1) is 5.56 Å². The number of amides is 1. The Kier molecular flexibility index (Phi) is 8.02. The SMILES string of the molecule is CCN(CC)CCN/C=C(/C#N)C(=O)Nc1cccc(C(=O)O)c1. The molecule has 0 saturated heterocycles. The number of carboxylic acid groups (broad SMARTS) is 1. The van der Waals surface area contributed by atoms with Crippen LogP contribution in [0.4, 0.5) is 5.69 Å². The third-order valence-corrected chi connectivity index (χ3v) is 3.45. The molecule has 0 unspecified atom stereocenters. The minimum Gasteiger partial charge on any atom is -0.478 e. The first kappa shape index (κ1) is 19.2. The average molecular weight is 330 g/mol. The lowest BCUT2D eigenvalue weighted by atomic mass is 10.2. The number of aromatic carboxylic acids is 1. The molecule has 1 aromatic rings. The quantitative estimate of drug-likeness (QED) is 0.361. The fourth-order valence-corrected chi connectivity index (χ4v) is 2.01. The maximum absolute atomic E-state index is 12.1. The van der Waals surface area contributed by atoms with Crippen molar-refractivity contribution >= 4 is 17.6 Å². The third-order valence-electron chi connectivity index (χ3n) is 3.45. The van der Waals surface area contributed by atoms with Gasteiger partial charge in [0.2, 0.25) is 0 Å². The second-order valence-corrected chi connectivity index (χ2v) is 4.99. The molecule has 0 radical (unpaired) electrons. The van der Waals surface area contributed by atoms with Gasteiger partial charge in [-0.25, -0.2) is 4.79 Å². The third kappa shape index (κ3) is 6.10. The molecule has 3 N–H and O–H groups in total. The summed E-state index contributed by atoms with van der Waals surface area (Å²) in [7, 11) is 0. The van der Waals surface area contributed by atoms with E-state index in [2.05, 4.69) is 29.4 Å². The monoisotopic (exact) mass is 330 g/mol. The Labute approximate surface area is 141 Å². The van der Waals surface area contributed by atoms with Crippen molar-refractivity contribution in [2.45, 2.75) is 13.8 Å². The molecule has 0 aliphatic rings. The van der Waals surface area contributed by atoms with Crippen molar-refractivity contribution in [3.8, 4) is 6.07 Å². The number of hydrogen-bond donors (Lipinski definition) is 3. The zero-order valence-corrected chi connectivity index (χ0v) is 13.9. The number of likely N-dealkylation sites (N-methyl/N-ethyl adjacent to an activating group) is 1. The van der Waals surface area contributed by atoms with Gasteiger partial charge >= 0.3 is 5.97 Å². The van der Waals surface area contributed by atoms with E-state index in [1.54, 1.807) is 6.07 Å². The van der Waals surface area contributed by atoms with Crippen molar-refractivity contribution in [1.29, 1.82) is 5.26 Å². The van der Waals surface area contributed by atoms with E-state index in [-0.39, 0.29) is 11.1 Å². The van der Waals surface area contributed by atoms with E-state index >= 15 is 0 Å². The van der Waals surface area contributed by atoms with Crippen LogP contribution in [0.5, 0.6) is 0 Å². The lowest BCUT2D eigenvalue weighted by Gasteiger charge is -2.17. The Morgan fingerprint density at radius 2 is 2.04 bits per heavy atom. The fourth-order valence-electron chi connectivity index (χ4n) is 2.01. The van der Waals surface area contributed by atoms with Crippen LogP contribution in [0.2, 0.25) is 0 Å². The normalized spacial score (nSPS) is 11.0. The van der Waals surface area contributed by atoms with Gasteiger partial charge in [-0.2, -0.15) is 5.26 Å². The van der Waals surface area contributed by atoms with E-state index < -0.39 is 11.9 Å². The van der Waals surface area contributed by atoms with Crippen LogP contribution in [0.15, 0.2) is 36.0 Å². The Morgan fingerprint density at radius 3 is 2.62 bits per heavy atom. The average Bonchev–Trinajstić information content (AvgIpc) is 2.58. The molecule has 0 aliphatic carbocycles. The van der Waals surface area contributed by atoms with Gasteiger partial charge in [-0.05, 0) is 31.3 Å². The van der Waals surface area contributed by atoms with Gasteiger partial charge in [0.1, 0.15) is 11.6 Å². The highest BCUT2D eigenvalue weighted by Crippen LogP contribution is 2.11. The van der Waals surface area contributed by atoms with E-state index in [1.807, 2.05) is 6.07 Å².